The zero-order valence-electron chi connectivity index (χ0n) is 17.6. The summed E-state index contributed by atoms with van der Waals surface area (Å²) in [6.07, 6.45) is 4.29. The number of carbonyl (C=O) groups is 2. The van der Waals surface area contributed by atoms with E-state index >= 15 is 0 Å². The van der Waals surface area contributed by atoms with Crippen molar-refractivity contribution < 1.29 is 14.3 Å². The van der Waals surface area contributed by atoms with Crippen molar-refractivity contribution in [2.45, 2.75) is 58.2 Å². The first-order chi connectivity index (χ1) is 14.4. The van der Waals surface area contributed by atoms with E-state index in [1.165, 1.54) is 0 Å². The molecule has 1 aliphatic carbocycles. The van der Waals surface area contributed by atoms with Gasteiger partial charge in [-0.3, -0.25) is 9.59 Å². The third-order valence-electron chi connectivity index (χ3n) is 5.52. The molecule has 0 saturated heterocycles. The molecule has 160 valence electrons. The lowest BCUT2D eigenvalue weighted by Crippen LogP contribution is -2.50. The molecule has 0 bridgehead atoms. The molecule has 0 aromatic heterocycles. The van der Waals surface area contributed by atoms with Crippen molar-refractivity contribution in [3.8, 4) is 5.75 Å². The van der Waals surface area contributed by atoms with E-state index in [0.29, 0.717) is 17.3 Å². The molecule has 30 heavy (non-hydrogen) atoms. The summed E-state index contributed by atoms with van der Waals surface area (Å²) in [5.74, 6) is 0.208. The van der Waals surface area contributed by atoms with Crippen molar-refractivity contribution in [2.24, 2.45) is 0 Å². The third kappa shape index (κ3) is 6.23. The first kappa shape index (κ1) is 22.2. The highest BCUT2D eigenvalue weighted by Gasteiger charge is 2.28. The SMILES string of the molecule is Cc1ccc(CN(C(=O)COc2ccc(Cl)cc2)[C@@H](C)C(=O)NC2CCCC2)cc1. The zero-order chi connectivity index (χ0) is 21.5. The van der Waals surface area contributed by atoms with Crippen molar-refractivity contribution in [1.29, 1.82) is 0 Å². The van der Waals surface area contributed by atoms with Gasteiger partial charge in [-0.2, -0.15) is 0 Å². The molecular formula is C24H29ClN2O3. The van der Waals surface area contributed by atoms with Crippen LogP contribution in [0.3, 0.4) is 0 Å². The van der Waals surface area contributed by atoms with E-state index in [0.717, 1.165) is 36.8 Å². The first-order valence-electron chi connectivity index (χ1n) is 10.5. The molecule has 2 aromatic carbocycles. The molecular weight excluding hydrogens is 400 g/mol. The number of ether oxygens (including phenoxy) is 1. The van der Waals surface area contributed by atoms with Crippen molar-refractivity contribution in [1.82, 2.24) is 10.2 Å². The standard InChI is InChI=1S/C24H29ClN2O3/c1-17-7-9-19(10-8-17)15-27(18(2)24(29)26-21-5-3-4-6-21)23(28)16-30-22-13-11-20(25)12-14-22/h7-14,18,21H,3-6,15-16H2,1-2H3,(H,26,29)/t18-/m0/s1. The molecule has 1 N–H and O–H groups in total. The molecule has 1 aliphatic rings. The van der Waals surface area contributed by atoms with E-state index in [4.69, 9.17) is 16.3 Å². The number of rotatable bonds is 8. The van der Waals surface area contributed by atoms with Gasteiger partial charge in [-0.15, -0.1) is 0 Å². The minimum atomic E-state index is -0.590. The summed E-state index contributed by atoms with van der Waals surface area (Å²) in [6.45, 7) is 4.00. The third-order valence-corrected chi connectivity index (χ3v) is 5.77. The molecule has 1 fully saturated rings. The van der Waals surface area contributed by atoms with Crippen LogP contribution in [0.2, 0.25) is 5.02 Å². The molecule has 1 saturated carbocycles. The molecule has 0 spiro atoms. The van der Waals surface area contributed by atoms with Gasteiger partial charge in [-0.1, -0.05) is 54.3 Å². The summed E-state index contributed by atoms with van der Waals surface area (Å²) in [6, 6.07) is 14.5. The molecule has 2 amide bonds. The number of aryl methyl sites for hydroxylation is 1. The fourth-order valence-corrected chi connectivity index (χ4v) is 3.75. The number of nitrogens with one attached hydrogen (secondary N) is 1. The van der Waals surface area contributed by atoms with Gasteiger partial charge in [0.05, 0.1) is 0 Å². The van der Waals surface area contributed by atoms with Gasteiger partial charge < -0.3 is 15.0 Å². The smallest absolute Gasteiger partial charge is 0.261 e. The van der Waals surface area contributed by atoms with Crippen molar-refractivity contribution in [3.63, 3.8) is 0 Å². The van der Waals surface area contributed by atoms with Crippen molar-refractivity contribution in [3.05, 3.63) is 64.7 Å². The van der Waals surface area contributed by atoms with Crippen molar-refractivity contribution in [2.75, 3.05) is 6.61 Å². The zero-order valence-corrected chi connectivity index (χ0v) is 18.3. The Morgan fingerprint density at radius 3 is 2.37 bits per heavy atom. The van der Waals surface area contributed by atoms with Crippen LogP contribution in [0.15, 0.2) is 48.5 Å². The average Bonchev–Trinajstić information content (AvgIpc) is 3.25. The molecule has 6 heteroatoms. The maximum absolute atomic E-state index is 13.0. The Morgan fingerprint density at radius 1 is 1.10 bits per heavy atom. The molecule has 3 rings (SSSR count). The average molecular weight is 429 g/mol. The number of benzene rings is 2. The quantitative estimate of drug-likeness (QED) is 0.673. The molecule has 5 nitrogen and oxygen atoms in total. The van der Waals surface area contributed by atoms with Gasteiger partial charge in [0.25, 0.3) is 5.91 Å². The van der Waals surface area contributed by atoms with Gasteiger partial charge in [0.15, 0.2) is 6.61 Å². The van der Waals surface area contributed by atoms with Gasteiger partial charge in [0, 0.05) is 17.6 Å². The predicted molar refractivity (Wildman–Crippen MR) is 119 cm³/mol. The van der Waals surface area contributed by atoms with E-state index in [-0.39, 0.29) is 24.5 Å². The second-order valence-electron chi connectivity index (χ2n) is 7.92. The van der Waals surface area contributed by atoms with Crippen molar-refractivity contribution >= 4 is 23.4 Å². The molecule has 0 heterocycles. The van der Waals surface area contributed by atoms with Crippen LogP contribution in [0, 0.1) is 6.92 Å². The second kappa shape index (κ2) is 10.5. The minimum Gasteiger partial charge on any atom is -0.484 e. The van der Waals surface area contributed by atoms with Gasteiger partial charge >= 0.3 is 0 Å². The van der Waals surface area contributed by atoms with E-state index in [1.807, 2.05) is 31.2 Å². The number of halogens is 1. The Morgan fingerprint density at radius 2 is 1.73 bits per heavy atom. The van der Waals surface area contributed by atoms with Crippen LogP contribution >= 0.6 is 11.6 Å². The summed E-state index contributed by atoms with van der Waals surface area (Å²) < 4.78 is 5.64. The topological polar surface area (TPSA) is 58.6 Å². The fraction of sp³-hybridized carbons (Fsp3) is 0.417. The Kier molecular flexibility index (Phi) is 7.75. The largest absolute Gasteiger partial charge is 0.484 e. The van der Waals surface area contributed by atoms with Crippen LogP contribution in [0.25, 0.3) is 0 Å². The summed E-state index contributed by atoms with van der Waals surface area (Å²) in [5.41, 5.74) is 2.12. The summed E-state index contributed by atoms with van der Waals surface area (Å²) >= 11 is 5.90. The van der Waals surface area contributed by atoms with Crippen LogP contribution < -0.4 is 10.1 Å². The number of amides is 2. The van der Waals surface area contributed by atoms with E-state index < -0.39 is 6.04 Å². The van der Waals surface area contributed by atoms with Gasteiger partial charge in [0.2, 0.25) is 5.91 Å². The normalized spacial score (nSPS) is 14.9. The molecule has 0 unspecified atom stereocenters. The predicted octanol–water partition coefficient (Wildman–Crippen LogP) is 4.50. The maximum atomic E-state index is 13.0. The van der Waals surface area contributed by atoms with E-state index in [1.54, 1.807) is 36.1 Å². The Balaban J connectivity index is 1.69. The van der Waals surface area contributed by atoms with Crippen LogP contribution in [-0.4, -0.2) is 35.4 Å². The Hall–Kier alpha value is -2.53. The second-order valence-corrected chi connectivity index (χ2v) is 8.35. The summed E-state index contributed by atoms with van der Waals surface area (Å²) in [4.78, 5) is 27.5. The number of carbonyl (C=O) groups excluding carboxylic acids is 2. The van der Waals surface area contributed by atoms with Crippen LogP contribution in [0.4, 0.5) is 0 Å². The minimum absolute atomic E-state index is 0.117. The lowest BCUT2D eigenvalue weighted by molar-refractivity contribution is -0.142. The number of hydrogen-bond acceptors (Lipinski definition) is 3. The summed E-state index contributed by atoms with van der Waals surface area (Å²) in [7, 11) is 0. The molecule has 0 radical (unpaired) electrons. The van der Waals surface area contributed by atoms with Crippen LogP contribution in [-0.2, 0) is 16.1 Å². The van der Waals surface area contributed by atoms with E-state index in [2.05, 4.69) is 5.32 Å². The molecule has 1 atom stereocenters. The number of hydrogen-bond donors (Lipinski definition) is 1. The van der Waals surface area contributed by atoms with Crippen LogP contribution in [0.5, 0.6) is 5.75 Å². The lowest BCUT2D eigenvalue weighted by atomic mass is 10.1. The van der Waals surface area contributed by atoms with Crippen LogP contribution in [0.1, 0.15) is 43.7 Å². The highest BCUT2D eigenvalue weighted by atomic mass is 35.5. The highest BCUT2D eigenvalue weighted by Crippen LogP contribution is 2.19. The Bertz CT molecular complexity index is 846. The van der Waals surface area contributed by atoms with Gasteiger partial charge in [-0.25, -0.2) is 0 Å². The summed E-state index contributed by atoms with van der Waals surface area (Å²) in [5, 5.41) is 3.70. The molecule has 0 aliphatic heterocycles. The maximum Gasteiger partial charge on any atom is 0.261 e. The highest BCUT2D eigenvalue weighted by molar-refractivity contribution is 6.30. The Labute approximate surface area is 183 Å². The fourth-order valence-electron chi connectivity index (χ4n) is 3.62. The first-order valence-corrected chi connectivity index (χ1v) is 10.8. The molecule has 2 aromatic rings. The number of nitrogens with zero attached hydrogens (tertiary/aromatic N) is 1. The monoisotopic (exact) mass is 428 g/mol. The van der Waals surface area contributed by atoms with Gasteiger partial charge in [0.1, 0.15) is 11.8 Å². The van der Waals surface area contributed by atoms with E-state index in [9.17, 15) is 9.59 Å². The van der Waals surface area contributed by atoms with Gasteiger partial charge in [-0.05, 0) is 56.5 Å². The lowest BCUT2D eigenvalue weighted by Gasteiger charge is -2.29.